The van der Waals surface area contributed by atoms with Crippen LogP contribution in [0.25, 0.3) is 0 Å². The van der Waals surface area contributed by atoms with Crippen molar-refractivity contribution in [2.45, 2.75) is 38.6 Å². The monoisotopic (exact) mass is 449 g/mol. The van der Waals surface area contributed by atoms with Crippen molar-refractivity contribution in [3.8, 4) is 5.75 Å². The highest BCUT2D eigenvalue weighted by molar-refractivity contribution is 6.10. The number of rotatable bonds is 7. The average molecular weight is 449 g/mol. The van der Waals surface area contributed by atoms with Crippen molar-refractivity contribution in [2.75, 3.05) is 11.9 Å². The fourth-order valence-corrected chi connectivity index (χ4v) is 3.41. The molecular formula is C22H22F3N3O4. The second-order valence-electron chi connectivity index (χ2n) is 7.51. The number of benzene rings is 2. The third-order valence-corrected chi connectivity index (χ3v) is 5.02. The van der Waals surface area contributed by atoms with Gasteiger partial charge < -0.3 is 15.4 Å². The summed E-state index contributed by atoms with van der Waals surface area (Å²) in [6, 6.07) is 11.1. The molecule has 0 aliphatic carbocycles. The Hall–Kier alpha value is -3.56. The Morgan fingerprint density at radius 3 is 2.28 bits per heavy atom. The molecule has 1 saturated heterocycles. The lowest BCUT2D eigenvalue weighted by Crippen LogP contribution is -2.42. The molecule has 2 aromatic carbocycles. The maximum Gasteiger partial charge on any atom is 0.573 e. The summed E-state index contributed by atoms with van der Waals surface area (Å²) in [5, 5.41) is 5.07. The van der Waals surface area contributed by atoms with E-state index in [9.17, 15) is 27.6 Å². The van der Waals surface area contributed by atoms with Gasteiger partial charge in [-0.15, -0.1) is 13.2 Å². The van der Waals surface area contributed by atoms with Gasteiger partial charge in [0.25, 0.3) is 5.91 Å². The molecule has 3 rings (SSSR count). The smallest absolute Gasteiger partial charge is 0.406 e. The van der Waals surface area contributed by atoms with E-state index in [-0.39, 0.29) is 5.69 Å². The minimum absolute atomic E-state index is 0.186. The first-order valence-electron chi connectivity index (χ1n) is 9.91. The first-order chi connectivity index (χ1) is 15.0. The summed E-state index contributed by atoms with van der Waals surface area (Å²) >= 11 is 0. The quantitative estimate of drug-likeness (QED) is 0.627. The van der Waals surface area contributed by atoms with E-state index in [2.05, 4.69) is 22.3 Å². The molecular weight excluding hydrogens is 427 g/mol. The molecule has 1 unspecified atom stereocenters. The van der Waals surface area contributed by atoms with E-state index in [1.165, 1.54) is 12.1 Å². The first kappa shape index (κ1) is 23.1. The maximum atomic E-state index is 13.0. The van der Waals surface area contributed by atoms with Crippen LogP contribution in [0.5, 0.6) is 5.75 Å². The van der Waals surface area contributed by atoms with Gasteiger partial charge in [0.15, 0.2) is 0 Å². The number of ether oxygens (including phenoxy) is 1. The second-order valence-corrected chi connectivity index (χ2v) is 7.51. The van der Waals surface area contributed by atoms with Crippen molar-refractivity contribution >= 4 is 23.5 Å². The van der Waals surface area contributed by atoms with Crippen LogP contribution in [-0.2, 0) is 21.5 Å². The summed E-state index contributed by atoms with van der Waals surface area (Å²) in [5.74, 6) is -1.69. The van der Waals surface area contributed by atoms with E-state index in [1.807, 2.05) is 12.1 Å². The second kappa shape index (κ2) is 8.89. The number of alkyl halides is 3. The summed E-state index contributed by atoms with van der Waals surface area (Å²) in [6.07, 6.45) is -2.95. The van der Waals surface area contributed by atoms with Crippen LogP contribution in [0, 0.1) is 0 Å². The molecule has 32 heavy (non-hydrogen) atoms. The fourth-order valence-electron chi connectivity index (χ4n) is 3.41. The van der Waals surface area contributed by atoms with Gasteiger partial charge in [-0.25, -0.2) is 4.79 Å². The van der Waals surface area contributed by atoms with Crippen molar-refractivity contribution in [3.05, 3.63) is 59.7 Å². The standard InChI is InChI=1S/C22H22F3N3O4/c1-3-4-14-5-7-15(8-6-14)21(2)19(30)28(20(31)27-21)13-18(29)26-16-9-11-17(12-10-16)32-22(23,24)25/h5-12H,3-4,13H2,1-2H3,(H,26,29)(H,27,31). The molecule has 0 spiro atoms. The summed E-state index contributed by atoms with van der Waals surface area (Å²) < 4.78 is 40.4. The zero-order valence-corrected chi connectivity index (χ0v) is 17.5. The van der Waals surface area contributed by atoms with Gasteiger partial charge in [0, 0.05) is 5.69 Å². The van der Waals surface area contributed by atoms with Gasteiger partial charge in [0.05, 0.1) is 0 Å². The Labute approximate surface area is 182 Å². The van der Waals surface area contributed by atoms with Crippen LogP contribution >= 0.6 is 0 Å². The zero-order chi connectivity index (χ0) is 23.5. The van der Waals surface area contributed by atoms with Crippen LogP contribution in [-0.4, -0.2) is 35.7 Å². The van der Waals surface area contributed by atoms with Crippen LogP contribution in [0.1, 0.15) is 31.4 Å². The highest BCUT2D eigenvalue weighted by Gasteiger charge is 2.49. The van der Waals surface area contributed by atoms with E-state index in [4.69, 9.17) is 0 Å². The predicted octanol–water partition coefficient (Wildman–Crippen LogP) is 3.94. The van der Waals surface area contributed by atoms with E-state index in [1.54, 1.807) is 19.1 Å². The highest BCUT2D eigenvalue weighted by atomic mass is 19.4. The number of anilines is 1. The Kier molecular flexibility index (Phi) is 6.42. The molecule has 1 heterocycles. The van der Waals surface area contributed by atoms with Gasteiger partial charge in [0.1, 0.15) is 17.8 Å². The number of nitrogens with zero attached hydrogens (tertiary/aromatic N) is 1. The molecule has 0 saturated carbocycles. The van der Waals surface area contributed by atoms with Gasteiger partial charge in [-0.1, -0.05) is 37.6 Å². The van der Waals surface area contributed by atoms with Gasteiger partial charge in [-0.2, -0.15) is 0 Å². The fraction of sp³-hybridized carbons (Fsp3) is 0.318. The molecule has 170 valence electrons. The number of carbonyl (C=O) groups is 3. The number of hydrogen-bond acceptors (Lipinski definition) is 4. The van der Waals surface area contributed by atoms with Crippen LogP contribution < -0.4 is 15.4 Å². The molecule has 0 aromatic heterocycles. The Balaban J connectivity index is 1.65. The zero-order valence-electron chi connectivity index (χ0n) is 17.5. The number of nitrogens with one attached hydrogen (secondary N) is 2. The van der Waals surface area contributed by atoms with Crippen molar-refractivity contribution < 1.29 is 32.3 Å². The van der Waals surface area contributed by atoms with Crippen molar-refractivity contribution in [1.82, 2.24) is 10.2 Å². The molecule has 7 nitrogen and oxygen atoms in total. The van der Waals surface area contributed by atoms with Crippen molar-refractivity contribution in [3.63, 3.8) is 0 Å². The predicted molar refractivity (Wildman–Crippen MR) is 110 cm³/mol. The van der Waals surface area contributed by atoms with Gasteiger partial charge in [-0.05, 0) is 48.7 Å². The topological polar surface area (TPSA) is 87.7 Å². The number of hydrogen-bond donors (Lipinski definition) is 2. The van der Waals surface area contributed by atoms with E-state index in [0.29, 0.717) is 5.56 Å². The van der Waals surface area contributed by atoms with Crippen LogP contribution in [0.3, 0.4) is 0 Å². The number of urea groups is 1. The summed E-state index contributed by atoms with van der Waals surface area (Å²) in [5.41, 5.74) is 0.586. The lowest BCUT2D eigenvalue weighted by Gasteiger charge is -2.22. The SMILES string of the molecule is CCCc1ccc(C2(C)NC(=O)N(CC(=O)Nc3ccc(OC(F)(F)F)cc3)C2=O)cc1. The Bertz CT molecular complexity index is 1010. The normalized spacial score (nSPS) is 18.5. The molecule has 2 N–H and O–H groups in total. The number of carbonyl (C=O) groups excluding carboxylic acids is 3. The molecule has 1 fully saturated rings. The number of imide groups is 1. The number of aryl methyl sites for hydroxylation is 1. The highest BCUT2D eigenvalue weighted by Crippen LogP contribution is 2.29. The molecule has 1 aliphatic rings. The van der Waals surface area contributed by atoms with E-state index in [0.717, 1.165) is 35.4 Å². The Morgan fingerprint density at radius 1 is 1.09 bits per heavy atom. The van der Waals surface area contributed by atoms with Crippen LogP contribution in [0.4, 0.5) is 23.7 Å². The lowest BCUT2D eigenvalue weighted by atomic mass is 9.91. The summed E-state index contributed by atoms with van der Waals surface area (Å²) in [7, 11) is 0. The first-order valence-corrected chi connectivity index (χ1v) is 9.91. The molecule has 1 aliphatic heterocycles. The number of halogens is 3. The maximum absolute atomic E-state index is 13.0. The molecule has 10 heteroatoms. The van der Waals surface area contributed by atoms with Crippen molar-refractivity contribution in [2.24, 2.45) is 0 Å². The van der Waals surface area contributed by atoms with Crippen molar-refractivity contribution in [1.29, 1.82) is 0 Å². The summed E-state index contributed by atoms with van der Waals surface area (Å²) in [4.78, 5) is 38.5. The third kappa shape index (κ3) is 5.19. The molecule has 2 aromatic rings. The Morgan fingerprint density at radius 2 is 1.72 bits per heavy atom. The lowest BCUT2D eigenvalue weighted by molar-refractivity contribution is -0.274. The largest absolute Gasteiger partial charge is 0.573 e. The average Bonchev–Trinajstić information content (AvgIpc) is 2.93. The van der Waals surface area contributed by atoms with Gasteiger partial charge in [0.2, 0.25) is 5.91 Å². The number of amides is 4. The van der Waals surface area contributed by atoms with E-state index < -0.39 is 42.0 Å². The van der Waals surface area contributed by atoms with Crippen LogP contribution in [0.2, 0.25) is 0 Å². The molecule has 1 atom stereocenters. The third-order valence-electron chi connectivity index (χ3n) is 5.02. The van der Waals surface area contributed by atoms with Crippen LogP contribution in [0.15, 0.2) is 48.5 Å². The van der Waals surface area contributed by atoms with Gasteiger partial charge >= 0.3 is 12.4 Å². The molecule has 0 bridgehead atoms. The van der Waals surface area contributed by atoms with Gasteiger partial charge in [-0.3, -0.25) is 14.5 Å². The minimum atomic E-state index is -4.82. The minimum Gasteiger partial charge on any atom is -0.406 e. The molecule has 4 amide bonds. The van der Waals surface area contributed by atoms with E-state index >= 15 is 0 Å². The summed E-state index contributed by atoms with van der Waals surface area (Å²) in [6.45, 7) is 3.08. The molecule has 0 radical (unpaired) electrons.